The highest BCUT2D eigenvalue weighted by atomic mass is 32.2. The van der Waals surface area contributed by atoms with Crippen LogP contribution in [0.25, 0.3) is 0 Å². The maximum absolute atomic E-state index is 10.8. The predicted octanol–water partition coefficient (Wildman–Crippen LogP) is -0.133. The lowest BCUT2D eigenvalue weighted by molar-refractivity contribution is -0.142. The van der Waals surface area contributed by atoms with Crippen LogP contribution in [0.15, 0.2) is 0 Å². The lowest BCUT2D eigenvalue weighted by atomic mass is 10.1. The first kappa shape index (κ1) is 9.39. The molecule has 0 N–H and O–H groups in total. The summed E-state index contributed by atoms with van der Waals surface area (Å²) in [4.78, 5) is 0. The number of rotatable bonds is 2. The summed E-state index contributed by atoms with van der Waals surface area (Å²) in [5, 5.41) is 0. The molecule has 0 aromatic heterocycles. The van der Waals surface area contributed by atoms with E-state index in [2.05, 4.69) is 0 Å². The van der Waals surface area contributed by atoms with E-state index in [0.29, 0.717) is 13.0 Å². The number of ether oxygens (including phenoxy) is 2. The molecule has 2 heterocycles. The van der Waals surface area contributed by atoms with Gasteiger partial charge >= 0.3 is 0 Å². The summed E-state index contributed by atoms with van der Waals surface area (Å²) >= 11 is 0. The minimum Gasteiger partial charge on any atom is -0.347 e. The Morgan fingerprint density at radius 3 is 2.85 bits per heavy atom. The van der Waals surface area contributed by atoms with Crippen molar-refractivity contribution >= 4 is 10.1 Å². The van der Waals surface area contributed by atoms with Gasteiger partial charge < -0.3 is 9.47 Å². The van der Waals surface area contributed by atoms with Crippen molar-refractivity contribution < 1.29 is 22.1 Å². The molecule has 0 aromatic rings. The van der Waals surface area contributed by atoms with Crippen LogP contribution in [0.3, 0.4) is 0 Å². The summed E-state index contributed by atoms with van der Waals surface area (Å²) in [6.07, 6.45) is 1.69. The molecule has 0 unspecified atom stereocenters. The summed E-state index contributed by atoms with van der Waals surface area (Å²) in [7, 11) is -3.41. The van der Waals surface area contributed by atoms with E-state index < -0.39 is 22.5 Å². The van der Waals surface area contributed by atoms with Gasteiger partial charge in [-0.1, -0.05) is 0 Å². The van der Waals surface area contributed by atoms with Crippen molar-refractivity contribution in [1.29, 1.82) is 0 Å². The molecular formula is C7H12O5S. The third kappa shape index (κ3) is 2.19. The Morgan fingerprint density at radius 2 is 2.15 bits per heavy atom. The smallest absolute Gasteiger partial charge is 0.264 e. The minimum atomic E-state index is -3.41. The third-order valence-corrected chi connectivity index (χ3v) is 2.74. The highest BCUT2D eigenvalue weighted by molar-refractivity contribution is 7.86. The van der Waals surface area contributed by atoms with Crippen molar-refractivity contribution in [2.24, 2.45) is 0 Å². The lowest BCUT2D eigenvalue weighted by Gasteiger charge is -2.25. The maximum Gasteiger partial charge on any atom is 0.264 e. The van der Waals surface area contributed by atoms with Crippen LogP contribution in [0, 0.1) is 0 Å². The average molecular weight is 208 g/mol. The van der Waals surface area contributed by atoms with Gasteiger partial charge in [-0.3, -0.25) is 4.18 Å². The van der Waals surface area contributed by atoms with Gasteiger partial charge in [0.25, 0.3) is 10.1 Å². The third-order valence-electron chi connectivity index (χ3n) is 2.15. The predicted molar refractivity (Wildman–Crippen MR) is 43.6 cm³/mol. The van der Waals surface area contributed by atoms with E-state index in [1.54, 1.807) is 0 Å². The van der Waals surface area contributed by atoms with Gasteiger partial charge in [0.15, 0.2) is 6.29 Å². The molecule has 6 heteroatoms. The van der Waals surface area contributed by atoms with Gasteiger partial charge in [0, 0.05) is 0 Å². The van der Waals surface area contributed by atoms with Crippen LogP contribution in [0.5, 0.6) is 0 Å². The molecule has 2 rings (SSSR count). The van der Waals surface area contributed by atoms with E-state index in [1.807, 2.05) is 0 Å². The van der Waals surface area contributed by atoms with Crippen molar-refractivity contribution in [3.63, 3.8) is 0 Å². The molecular weight excluding hydrogens is 196 g/mol. The summed E-state index contributed by atoms with van der Waals surface area (Å²) in [6.45, 7) is 0.550. The second kappa shape index (κ2) is 3.20. The monoisotopic (exact) mass is 208 g/mol. The number of fused-ring (bicyclic) bond motifs is 2. The van der Waals surface area contributed by atoms with Crippen LogP contribution >= 0.6 is 0 Å². The first-order valence-electron chi connectivity index (χ1n) is 4.20. The van der Waals surface area contributed by atoms with Gasteiger partial charge in [0.2, 0.25) is 0 Å². The normalized spacial score (nSPS) is 39.3. The molecule has 13 heavy (non-hydrogen) atoms. The van der Waals surface area contributed by atoms with Crippen LogP contribution in [0.1, 0.15) is 12.8 Å². The Labute approximate surface area is 77.1 Å². The van der Waals surface area contributed by atoms with E-state index in [1.165, 1.54) is 0 Å². The van der Waals surface area contributed by atoms with Crippen LogP contribution in [-0.4, -0.2) is 39.8 Å². The van der Waals surface area contributed by atoms with E-state index in [-0.39, 0.29) is 6.10 Å². The second-order valence-corrected chi connectivity index (χ2v) is 4.98. The largest absolute Gasteiger partial charge is 0.347 e. The Bertz CT molecular complexity index is 285. The van der Waals surface area contributed by atoms with Gasteiger partial charge in [-0.05, 0) is 12.8 Å². The maximum atomic E-state index is 10.8. The molecule has 2 aliphatic heterocycles. The number of hydrogen-bond donors (Lipinski definition) is 0. The summed E-state index contributed by atoms with van der Waals surface area (Å²) in [6, 6.07) is 0. The van der Waals surface area contributed by atoms with Crippen molar-refractivity contribution in [2.75, 3.05) is 12.9 Å². The van der Waals surface area contributed by atoms with Gasteiger partial charge in [-0.25, -0.2) is 0 Å². The molecule has 0 radical (unpaired) electrons. The van der Waals surface area contributed by atoms with E-state index >= 15 is 0 Å². The van der Waals surface area contributed by atoms with Crippen LogP contribution in [0.2, 0.25) is 0 Å². The van der Waals surface area contributed by atoms with Crippen molar-refractivity contribution in [3.8, 4) is 0 Å². The van der Waals surface area contributed by atoms with Crippen LogP contribution < -0.4 is 0 Å². The summed E-state index contributed by atoms with van der Waals surface area (Å²) in [5.74, 6) is 0. The molecule has 2 aliphatic rings. The summed E-state index contributed by atoms with van der Waals surface area (Å²) < 4.78 is 37.1. The fraction of sp³-hybridized carbons (Fsp3) is 1.00. The first-order valence-corrected chi connectivity index (χ1v) is 6.01. The number of hydrogen-bond acceptors (Lipinski definition) is 5. The lowest BCUT2D eigenvalue weighted by Crippen LogP contribution is -2.36. The molecule has 2 saturated heterocycles. The fourth-order valence-corrected chi connectivity index (χ4v) is 2.26. The van der Waals surface area contributed by atoms with Crippen molar-refractivity contribution in [2.45, 2.75) is 31.3 Å². The Balaban J connectivity index is 2.00. The zero-order valence-electron chi connectivity index (χ0n) is 7.30. The fourth-order valence-electron chi connectivity index (χ4n) is 1.62. The van der Waals surface area contributed by atoms with Gasteiger partial charge in [-0.15, -0.1) is 0 Å². The molecule has 0 aliphatic carbocycles. The zero-order chi connectivity index (χ0) is 9.47. The first-order chi connectivity index (χ1) is 6.04. The molecule has 76 valence electrons. The molecule has 0 aromatic carbocycles. The molecule has 3 atom stereocenters. The SMILES string of the molecule is CS(=O)(=O)O[C@H]1CC[C@@H]2CO[C@@H]1O2. The Hall–Kier alpha value is -0.170. The Kier molecular flexibility index (Phi) is 2.31. The van der Waals surface area contributed by atoms with E-state index in [9.17, 15) is 8.42 Å². The van der Waals surface area contributed by atoms with E-state index in [0.717, 1.165) is 12.7 Å². The molecule has 0 saturated carbocycles. The molecule has 0 spiro atoms. The molecule has 0 amide bonds. The molecule has 2 fully saturated rings. The van der Waals surface area contributed by atoms with Gasteiger partial charge in [0.1, 0.15) is 6.10 Å². The zero-order valence-corrected chi connectivity index (χ0v) is 8.12. The van der Waals surface area contributed by atoms with Crippen LogP contribution in [0.4, 0.5) is 0 Å². The second-order valence-electron chi connectivity index (χ2n) is 3.38. The standard InChI is InChI=1S/C7H12O5S/c1-13(8,9)12-6-3-2-5-4-10-7(6)11-5/h5-7H,2-4H2,1H3/t5-,6+,7-/m1/s1. The Morgan fingerprint density at radius 1 is 1.38 bits per heavy atom. The highest BCUT2D eigenvalue weighted by Crippen LogP contribution is 2.29. The van der Waals surface area contributed by atoms with Gasteiger partial charge in [-0.2, -0.15) is 8.42 Å². The van der Waals surface area contributed by atoms with Gasteiger partial charge in [0.05, 0.1) is 19.0 Å². The minimum absolute atomic E-state index is 0.129. The van der Waals surface area contributed by atoms with Crippen molar-refractivity contribution in [1.82, 2.24) is 0 Å². The highest BCUT2D eigenvalue weighted by Gasteiger charge is 2.40. The topological polar surface area (TPSA) is 61.8 Å². The van der Waals surface area contributed by atoms with Crippen LogP contribution in [-0.2, 0) is 23.8 Å². The quantitative estimate of drug-likeness (QED) is 0.591. The molecule has 2 bridgehead atoms. The molecule has 5 nitrogen and oxygen atoms in total. The average Bonchev–Trinajstić information content (AvgIpc) is 2.37. The van der Waals surface area contributed by atoms with E-state index in [4.69, 9.17) is 13.7 Å². The summed E-state index contributed by atoms with van der Waals surface area (Å²) in [5.41, 5.74) is 0. The van der Waals surface area contributed by atoms with Crippen molar-refractivity contribution in [3.05, 3.63) is 0 Å².